The van der Waals surface area contributed by atoms with Crippen molar-refractivity contribution in [1.82, 2.24) is 15.5 Å². The van der Waals surface area contributed by atoms with E-state index in [0.29, 0.717) is 6.04 Å². The number of amides is 1. The molecule has 2 aliphatic rings. The number of hydrogen-bond donors (Lipinski definition) is 2. The maximum atomic E-state index is 12.4. The van der Waals surface area contributed by atoms with Gasteiger partial charge in [-0.1, -0.05) is 17.7 Å². The summed E-state index contributed by atoms with van der Waals surface area (Å²) in [6.45, 7) is 6.63. The highest BCUT2D eigenvalue weighted by molar-refractivity contribution is 6.30. The van der Waals surface area contributed by atoms with Gasteiger partial charge < -0.3 is 20.4 Å². The third kappa shape index (κ3) is 5.76. The molecule has 1 unspecified atom stereocenters. The number of piperidine rings is 1. The Morgan fingerprint density at radius 2 is 2.07 bits per heavy atom. The number of likely N-dealkylation sites (tertiary alicyclic amines) is 1. The molecule has 2 saturated heterocycles. The van der Waals surface area contributed by atoms with Crippen LogP contribution < -0.4 is 15.5 Å². The SMILES string of the molecule is CCNC(=NCC(=O)N1CCCCC1)NC1CCN(c2cccc(Cl)c2)C1. The Morgan fingerprint density at radius 3 is 2.81 bits per heavy atom. The van der Waals surface area contributed by atoms with E-state index >= 15 is 0 Å². The number of benzene rings is 1. The van der Waals surface area contributed by atoms with Gasteiger partial charge in [0.1, 0.15) is 6.54 Å². The summed E-state index contributed by atoms with van der Waals surface area (Å²) in [7, 11) is 0. The second kappa shape index (κ2) is 9.83. The van der Waals surface area contributed by atoms with Gasteiger partial charge in [-0.25, -0.2) is 4.99 Å². The van der Waals surface area contributed by atoms with Gasteiger partial charge in [-0.3, -0.25) is 4.79 Å². The fourth-order valence-corrected chi connectivity index (χ4v) is 3.87. The first-order chi connectivity index (χ1) is 13.2. The topological polar surface area (TPSA) is 60.0 Å². The Labute approximate surface area is 167 Å². The van der Waals surface area contributed by atoms with Gasteiger partial charge in [0.2, 0.25) is 5.91 Å². The Morgan fingerprint density at radius 1 is 1.26 bits per heavy atom. The number of anilines is 1. The van der Waals surface area contributed by atoms with Crippen LogP contribution in [0.2, 0.25) is 5.02 Å². The van der Waals surface area contributed by atoms with Crippen molar-refractivity contribution in [1.29, 1.82) is 0 Å². The normalized spacial score (nSPS) is 20.7. The molecular weight excluding hydrogens is 362 g/mol. The third-order valence-corrected chi connectivity index (χ3v) is 5.36. The van der Waals surface area contributed by atoms with Crippen LogP contribution in [0.15, 0.2) is 29.3 Å². The van der Waals surface area contributed by atoms with Gasteiger partial charge in [-0.2, -0.15) is 0 Å². The minimum atomic E-state index is 0.124. The predicted octanol–water partition coefficient (Wildman–Crippen LogP) is 2.49. The predicted molar refractivity (Wildman–Crippen MR) is 112 cm³/mol. The number of carbonyl (C=O) groups is 1. The lowest BCUT2D eigenvalue weighted by molar-refractivity contribution is -0.130. The fraction of sp³-hybridized carbons (Fsp3) is 0.600. The van der Waals surface area contributed by atoms with E-state index in [1.165, 1.54) is 6.42 Å². The molecule has 6 nitrogen and oxygen atoms in total. The Balaban J connectivity index is 1.53. The van der Waals surface area contributed by atoms with E-state index in [1.54, 1.807) is 0 Å². The second-order valence-corrected chi connectivity index (χ2v) is 7.63. The van der Waals surface area contributed by atoms with Crippen molar-refractivity contribution in [2.75, 3.05) is 44.2 Å². The minimum absolute atomic E-state index is 0.124. The lowest BCUT2D eigenvalue weighted by Gasteiger charge is -2.26. The summed E-state index contributed by atoms with van der Waals surface area (Å²) < 4.78 is 0. The molecule has 1 atom stereocenters. The quantitative estimate of drug-likeness (QED) is 0.598. The molecule has 0 bridgehead atoms. The van der Waals surface area contributed by atoms with Crippen molar-refractivity contribution >= 4 is 29.2 Å². The molecule has 27 heavy (non-hydrogen) atoms. The molecule has 2 N–H and O–H groups in total. The van der Waals surface area contributed by atoms with Gasteiger partial charge in [0.05, 0.1) is 0 Å². The first-order valence-electron chi connectivity index (χ1n) is 9.99. The van der Waals surface area contributed by atoms with E-state index in [-0.39, 0.29) is 12.5 Å². The van der Waals surface area contributed by atoms with Gasteiger partial charge >= 0.3 is 0 Å². The number of rotatable bonds is 5. The van der Waals surface area contributed by atoms with Crippen LogP contribution >= 0.6 is 11.6 Å². The van der Waals surface area contributed by atoms with Crippen molar-refractivity contribution in [3.63, 3.8) is 0 Å². The standard InChI is InChI=1S/C20H30ClN5O/c1-2-22-20(23-14-19(27)25-10-4-3-5-11-25)24-17-9-12-26(15-17)18-8-6-7-16(21)13-18/h6-8,13,17H,2-5,9-12,14-15H2,1H3,(H2,22,23,24). The van der Waals surface area contributed by atoms with Crippen LogP contribution in [0.3, 0.4) is 0 Å². The second-order valence-electron chi connectivity index (χ2n) is 7.19. The molecule has 3 rings (SSSR count). The smallest absolute Gasteiger partial charge is 0.244 e. The lowest BCUT2D eigenvalue weighted by atomic mass is 10.1. The molecule has 2 heterocycles. The molecule has 1 aromatic rings. The Bertz CT molecular complexity index is 660. The number of nitrogens with one attached hydrogen (secondary N) is 2. The first-order valence-corrected chi connectivity index (χ1v) is 10.4. The van der Waals surface area contributed by atoms with Crippen LogP contribution in [0.25, 0.3) is 0 Å². The van der Waals surface area contributed by atoms with Crippen molar-refractivity contribution in [2.45, 2.75) is 38.6 Å². The maximum Gasteiger partial charge on any atom is 0.244 e. The Kier molecular flexibility index (Phi) is 7.21. The highest BCUT2D eigenvalue weighted by Gasteiger charge is 2.24. The van der Waals surface area contributed by atoms with Gasteiger partial charge in [-0.15, -0.1) is 0 Å². The minimum Gasteiger partial charge on any atom is -0.369 e. The fourth-order valence-electron chi connectivity index (χ4n) is 3.69. The molecule has 0 aliphatic carbocycles. The van der Waals surface area contributed by atoms with Crippen molar-refractivity contribution in [3.05, 3.63) is 29.3 Å². The van der Waals surface area contributed by atoms with Crippen LogP contribution in [0.1, 0.15) is 32.6 Å². The number of aliphatic imine (C=N–C) groups is 1. The van der Waals surface area contributed by atoms with Crippen LogP contribution in [0.5, 0.6) is 0 Å². The zero-order valence-electron chi connectivity index (χ0n) is 16.1. The molecule has 148 valence electrons. The highest BCUT2D eigenvalue weighted by atomic mass is 35.5. The lowest BCUT2D eigenvalue weighted by Crippen LogP contribution is -2.45. The van der Waals surface area contributed by atoms with Gasteiger partial charge in [0.15, 0.2) is 5.96 Å². The summed E-state index contributed by atoms with van der Waals surface area (Å²) in [6, 6.07) is 8.26. The average Bonchev–Trinajstić information content (AvgIpc) is 3.15. The molecule has 2 aliphatic heterocycles. The molecule has 1 amide bonds. The van der Waals surface area contributed by atoms with E-state index in [2.05, 4.69) is 26.6 Å². The monoisotopic (exact) mass is 391 g/mol. The highest BCUT2D eigenvalue weighted by Crippen LogP contribution is 2.23. The molecule has 1 aromatic carbocycles. The maximum absolute atomic E-state index is 12.4. The van der Waals surface area contributed by atoms with Crippen LogP contribution in [-0.2, 0) is 4.79 Å². The molecule has 2 fully saturated rings. The number of guanidine groups is 1. The van der Waals surface area contributed by atoms with E-state index < -0.39 is 0 Å². The van der Waals surface area contributed by atoms with Crippen LogP contribution in [0.4, 0.5) is 5.69 Å². The molecular formula is C20H30ClN5O. The van der Waals surface area contributed by atoms with Gasteiger partial charge in [-0.05, 0) is 50.8 Å². The zero-order valence-corrected chi connectivity index (χ0v) is 16.8. The van der Waals surface area contributed by atoms with Crippen molar-refractivity contribution in [3.8, 4) is 0 Å². The van der Waals surface area contributed by atoms with Crippen LogP contribution in [-0.4, -0.2) is 62.1 Å². The summed E-state index contributed by atoms with van der Waals surface area (Å²) in [4.78, 5) is 21.1. The first kappa shape index (κ1) is 19.8. The number of halogens is 1. The summed E-state index contributed by atoms with van der Waals surface area (Å²) in [6.07, 6.45) is 4.46. The van der Waals surface area contributed by atoms with E-state index in [9.17, 15) is 4.79 Å². The van der Waals surface area contributed by atoms with Gasteiger partial charge in [0.25, 0.3) is 0 Å². The Hall–Kier alpha value is -1.95. The number of carbonyl (C=O) groups excluding carboxylic acids is 1. The van der Waals surface area contributed by atoms with Crippen molar-refractivity contribution < 1.29 is 4.79 Å². The summed E-state index contributed by atoms with van der Waals surface area (Å²) in [5.74, 6) is 0.847. The van der Waals surface area contributed by atoms with E-state index in [1.807, 2.05) is 30.0 Å². The largest absolute Gasteiger partial charge is 0.369 e. The van der Waals surface area contributed by atoms with Crippen molar-refractivity contribution in [2.24, 2.45) is 4.99 Å². The average molecular weight is 392 g/mol. The summed E-state index contributed by atoms with van der Waals surface area (Å²) in [5, 5.41) is 7.50. The third-order valence-electron chi connectivity index (χ3n) is 5.13. The van der Waals surface area contributed by atoms with E-state index in [0.717, 1.165) is 68.7 Å². The number of nitrogens with zero attached hydrogens (tertiary/aromatic N) is 3. The molecule has 0 radical (unpaired) electrons. The molecule has 0 aromatic heterocycles. The van der Waals surface area contributed by atoms with Crippen LogP contribution in [0, 0.1) is 0 Å². The summed E-state index contributed by atoms with van der Waals surface area (Å²) >= 11 is 6.11. The number of hydrogen-bond acceptors (Lipinski definition) is 3. The molecule has 0 spiro atoms. The summed E-state index contributed by atoms with van der Waals surface area (Å²) in [5.41, 5.74) is 1.15. The molecule has 0 saturated carbocycles. The van der Waals surface area contributed by atoms with E-state index in [4.69, 9.17) is 11.6 Å². The van der Waals surface area contributed by atoms with Gasteiger partial charge in [0, 0.05) is 49.5 Å². The molecule has 7 heteroatoms. The zero-order chi connectivity index (χ0) is 19.1.